The van der Waals surface area contributed by atoms with E-state index in [9.17, 15) is 9.90 Å². The monoisotopic (exact) mass is 755 g/mol. The normalized spacial score (nSPS) is 19.4. The number of carbonyl (C=O) groups is 1. The van der Waals surface area contributed by atoms with Crippen LogP contribution >= 0.6 is 11.6 Å². The Labute approximate surface area is 320 Å². The Morgan fingerprint density at radius 2 is 1.79 bits per heavy atom. The Hall–Kier alpha value is -3.83. The smallest absolute Gasteiger partial charge is 0.337 e. The minimum absolute atomic E-state index is 0.0949. The molecule has 3 aliphatic rings. The van der Waals surface area contributed by atoms with Gasteiger partial charge in [0.25, 0.3) is 0 Å². The maximum Gasteiger partial charge on any atom is 0.337 e. The summed E-state index contributed by atoms with van der Waals surface area (Å²) in [5, 5.41) is 12.1. The number of hydrogen-bond acceptors (Lipinski definition) is 7. The third-order valence-corrected chi connectivity index (χ3v) is 13.0. The number of aromatic carboxylic acids is 1. The highest BCUT2D eigenvalue weighted by atomic mass is 35.5. The Morgan fingerprint density at radius 3 is 2.51 bits per heavy atom. The van der Waals surface area contributed by atoms with Crippen molar-refractivity contribution in [1.29, 1.82) is 0 Å². The molecule has 2 aromatic carbocycles. The van der Waals surface area contributed by atoms with Gasteiger partial charge >= 0.3 is 5.97 Å². The maximum atomic E-state index is 12.7. The Kier molecular flexibility index (Phi) is 10.7. The van der Waals surface area contributed by atoms with Crippen LogP contribution in [0.25, 0.3) is 16.6 Å². The fourth-order valence-electron chi connectivity index (χ4n) is 7.88. The van der Waals surface area contributed by atoms with Crippen molar-refractivity contribution in [3.05, 3.63) is 82.5 Å². The third-order valence-electron chi connectivity index (χ3n) is 11.1. The number of allylic oxidation sites excluding steroid dienone is 1. The van der Waals surface area contributed by atoms with Crippen LogP contribution in [0.5, 0.6) is 5.88 Å². The van der Waals surface area contributed by atoms with Gasteiger partial charge in [0.15, 0.2) is 0 Å². The summed E-state index contributed by atoms with van der Waals surface area (Å²) in [7, 11) is -1.18. The van der Waals surface area contributed by atoms with Gasteiger partial charge in [-0.3, -0.25) is 4.90 Å². The Morgan fingerprint density at radius 1 is 1.04 bits per heavy atom. The van der Waals surface area contributed by atoms with Crippen molar-refractivity contribution in [3.63, 3.8) is 0 Å². The van der Waals surface area contributed by atoms with Gasteiger partial charge in [0.2, 0.25) is 5.88 Å². The molecule has 0 bridgehead atoms. The predicted octanol–water partition coefficient (Wildman–Crippen LogP) is 9.41. The first kappa shape index (κ1) is 37.5. The van der Waals surface area contributed by atoms with Crippen molar-refractivity contribution < 1.29 is 19.4 Å². The minimum atomic E-state index is -1.18. The number of nitrogens with zero attached hydrogens (tertiary/aromatic N) is 5. The number of aromatic nitrogens is 2. The number of piperazine rings is 1. The van der Waals surface area contributed by atoms with Gasteiger partial charge < -0.3 is 28.9 Å². The molecule has 2 aliphatic heterocycles. The molecular formula is C42H54ClN5O4Si. The molecule has 2 aromatic heterocycles. The molecular weight excluding hydrogens is 702 g/mol. The second-order valence-corrected chi connectivity index (χ2v) is 23.1. The summed E-state index contributed by atoms with van der Waals surface area (Å²) < 4.78 is 14.2. The van der Waals surface area contributed by atoms with E-state index in [4.69, 9.17) is 26.1 Å². The summed E-state index contributed by atoms with van der Waals surface area (Å²) in [5.41, 5.74) is 8.11. The number of hydrogen-bond donors (Lipinski definition) is 1. The summed E-state index contributed by atoms with van der Waals surface area (Å²) >= 11 is 6.25. The van der Waals surface area contributed by atoms with Crippen LogP contribution in [0.4, 0.5) is 17.1 Å². The van der Waals surface area contributed by atoms with Gasteiger partial charge in [-0.25, -0.2) is 4.79 Å². The third kappa shape index (κ3) is 8.46. The summed E-state index contributed by atoms with van der Waals surface area (Å²) in [6.45, 7) is 20.0. The number of anilines is 3. The van der Waals surface area contributed by atoms with Gasteiger partial charge in [0, 0.05) is 69.7 Å². The van der Waals surface area contributed by atoms with Gasteiger partial charge in [0.05, 0.1) is 17.3 Å². The van der Waals surface area contributed by atoms with Gasteiger partial charge in [-0.15, -0.1) is 0 Å². The summed E-state index contributed by atoms with van der Waals surface area (Å²) in [5.74, 6) is -0.445. The van der Waals surface area contributed by atoms with Gasteiger partial charge in [-0.05, 0) is 91.2 Å². The van der Waals surface area contributed by atoms with E-state index in [1.807, 2.05) is 35.0 Å². The number of fused-ring (bicyclic) bond motifs is 2. The topological polar surface area (TPSA) is 83.3 Å². The summed E-state index contributed by atoms with van der Waals surface area (Å²) in [6, 6.07) is 19.2. The number of carboxylic acids is 1. The fraction of sp³-hybridized carbons (Fsp3) is 0.476. The molecule has 1 saturated heterocycles. The first-order valence-corrected chi connectivity index (χ1v) is 23.1. The van der Waals surface area contributed by atoms with Crippen LogP contribution in [0, 0.1) is 5.41 Å². The van der Waals surface area contributed by atoms with Crippen LogP contribution in [-0.2, 0) is 11.5 Å². The molecule has 11 heteroatoms. The standard InChI is InChI=1S/C42H54ClN5O4Si/c1-29-27-52-40-38(23-31-14-16-47(39(31)44-40)28-51-21-22-53(4,5)6)48(29)37-24-34(11-12-35(37)41(49)50)46-19-17-45(18-20-46)26-32-13-15-42(2,3)25-36(32)30-7-9-33(43)10-8-30/h7-12,14,16,23-24,29H,13,15,17-22,25-28H2,1-6H3,(H,49,50). The van der Waals surface area contributed by atoms with Crippen LogP contribution < -0.4 is 14.5 Å². The predicted molar refractivity (Wildman–Crippen MR) is 219 cm³/mol. The molecule has 1 aliphatic carbocycles. The number of ether oxygens (including phenoxy) is 2. The average molecular weight is 756 g/mol. The minimum Gasteiger partial charge on any atom is -0.478 e. The van der Waals surface area contributed by atoms with Gasteiger partial charge in [0.1, 0.15) is 24.7 Å². The first-order chi connectivity index (χ1) is 25.2. The van der Waals surface area contributed by atoms with Crippen LogP contribution in [0.3, 0.4) is 0 Å². The quantitative estimate of drug-likeness (QED) is 0.120. The van der Waals surface area contributed by atoms with Crippen LogP contribution in [0.1, 0.15) is 56.0 Å². The molecule has 0 saturated carbocycles. The molecule has 0 radical (unpaired) electrons. The molecule has 0 spiro atoms. The molecule has 1 fully saturated rings. The van der Waals surface area contributed by atoms with E-state index in [2.05, 4.69) is 79.4 Å². The largest absolute Gasteiger partial charge is 0.478 e. The number of pyridine rings is 1. The molecule has 1 atom stereocenters. The van der Waals surface area contributed by atoms with Gasteiger partial charge in [-0.2, -0.15) is 4.98 Å². The van der Waals surface area contributed by atoms with E-state index in [0.29, 0.717) is 24.9 Å². The highest BCUT2D eigenvalue weighted by Gasteiger charge is 2.33. The summed E-state index contributed by atoms with van der Waals surface area (Å²) in [6.07, 6.45) is 5.38. The highest BCUT2D eigenvalue weighted by molar-refractivity contribution is 6.76. The van der Waals surface area contributed by atoms with Crippen molar-refractivity contribution in [3.8, 4) is 5.88 Å². The molecule has 1 unspecified atom stereocenters. The maximum absolute atomic E-state index is 12.7. The number of benzene rings is 2. The number of halogens is 1. The summed E-state index contributed by atoms with van der Waals surface area (Å²) in [4.78, 5) is 24.7. The zero-order valence-electron chi connectivity index (χ0n) is 32.1. The first-order valence-electron chi connectivity index (χ1n) is 19.1. The molecule has 9 nitrogen and oxygen atoms in total. The highest BCUT2D eigenvalue weighted by Crippen LogP contribution is 2.44. The molecule has 0 amide bonds. The van der Waals surface area contributed by atoms with Crippen LogP contribution in [0.15, 0.2) is 66.4 Å². The lowest BCUT2D eigenvalue weighted by Crippen LogP contribution is -2.47. The molecule has 53 heavy (non-hydrogen) atoms. The molecule has 282 valence electrons. The van der Waals surface area contributed by atoms with Crippen molar-refractivity contribution in [2.45, 2.75) is 78.5 Å². The van der Waals surface area contributed by atoms with E-state index < -0.39 is 14.0 Å². The lowest BCUT2D eigenvalue weighted by atomic mass is 9.72. The second kappa shape index (κ2) is 15.1. The lowest BCUT2D eigenvalue weighted by Gasteiger charge is -2.40. The van der Waals surface area contributed by atoms with Crippen molar-refractivity contribution in [2.75, 3.05) is 55.7 Å². The molecule has 4 aromatic rings. The van der Waals surface area contributed by atoms with E-state index in [-0.39, 0.29) is 17.0 Å². The van der Waals surface area contributed by atoms with Crippen molar-refractivity contribution in [2.24, 2.45) is 5.41 Å². The van der Waals surface area contributed by atoms with E-state index in [1.165, 1.54) is 17.6 Å². The van der Waals surface area contributed by atoms with E-state index >= 15 is 0 Å². The van der Waals surface area contributed by atoms with Crippen molar-refractivity contribution >= 4 is 59.3 Å². The number of carboxylic acid groups (broad SMARTS) is 1. The van der Waals surface area contributed by atoms with Gasteiger partial charge in [-0.1, -0.05) is 62.8 Å². The van der Waals surface area contributed by atoms with E-state index in [1.54, 1.807) is 11.6 Å². The lowest BCUT2D eigenvalue weighted by molar-refractivity contribution is 0.0697. The van der Waals surface area contributed by atoms with Crippen molar-refractivity contribution in [1.82, 2.24) is 14.5 Å². The Bertz CT molecular complexity index is 1990. The molecule has 4 heterocycles. The average Bonchev–Trinajstić information content (AvgIpc) is 3.51. The zero-order valence-corrected chi connectivity index (χ0v) is 33.9. The molecule has 7 rings (SSSR count). The second-order valence-electron chi connectivity index (χ2n) is 17.1. The SMILES string of the molecule is CC1COc2nc3c(ccn3COCC[Si](C)(C)C)cc2N1c1cc(N2CCN(CC3=C(c4ccc(Cl)cc4)CC(C)(C)CC3)CC2)ccc1C(=O)O. The zero-order chi connectivity index (χ0) is 37.5. The van der Waals surface area contributed by atoms with Crippen LogP contribution in [0.2, 0.25) is 30.7 Å². The number of rotatable bonds is 11. The van der Waals surface area contributed by atoms with E-state index in [0.717, 1.165) is 85.6 Å². The molecule has 1 N–H and O–H groups in total. The van der Waals surface area contributed by atoms with Crippen LogP contribution in [-0.4, -0.2) is 85.6 Å². The fourth-order valence-corrected chi connectivity index (χ4v) is 8.77. The Balaban J connectivity index is 1.10.